The maximum absolute atomic E-state index is 12.4. The molecule has 0 spiro atoms. The largest absolute Gasteiger partial charge is 0.463 e. The van der Waals surface area contributed by atoms with Crippen LogP contribution in [0.2, 0.25) is 0 Å². The summed E-state index contributed by atoms with van der Waals surface area (Å²) in [6.07, 6.45) is 10.5. The molecule has 12 atom stereocenters. The monoisotopic (exact) mass is 500 g/mol. The van der Waals surface area contributed by atoms with E-state index in [1.165, 1.54) is 32.6 Å². The summed E-state index contributed by atoms with van der Waals surface area (Å²) in [7, 11) is 0. The second-order valence-corrected chi connectivity index (χ2v) is 13.8. The van der Waals surface area contributed by atoms with E-state index in [2.05, 4.69) is 20.8 Å². The van der Waals surface area contributed by atoms with Crippen LogP contribution in [0, 0.1) is 58.2 Å². The third-order valence-electron chi connectivity index (χ3n) is 12.2. The molecule has 0 aromatic heterocycles. The van der Waals surface area contributed by atoms with Gasteiger partial charge in [-0.2, -0.15) is 0 Å². The first-order valence-electron chi connectivity index (χ1n) is 14.9. The van der Waals surface area contributed by atoms with E-state index in [-0.39, 0.29) is 35.0 Å². The van der Waals surface area contributed by atoms with E-state index in [0.717, 1.165) is 32.1 Å². The van der Waals surface area contributed by atoms with Crippen LogP contribution in [0.5, 0.6) is 0 Å². The molecule has 0 heterocycles. The van der Waals surface area contributed by atoms with E-state index in [1.54, 1.807) is 6.92 Å². The normalized spacial score (nSPS) is 48.1. The van der Waals surface area contributed by atoms with Gasteiger partial charge < -0.3 is 9.47 Å². The number of ketones is 1. The van der Waals surface area contributed by atoms with Crippen molar-refractivity contribution in [2.45, 2.75) is 118 Å². The number of ether oxygens (including phenoxy) is 2. The summed E-state index contributed by atoms with van der Waals surface area (Å²) in [5.41, 5.74) is 0.484. The minimum absolute atomic E-state index is 0.00186. The van der Waals surface area contributed by atoms with Crippen LogP contribution in [0.4, 0.5) is 0 Å². The summed E-state index contributed by atoms with van der Waals surface area (Å²) in [6, 6.07) is 0. The predicted octanol–water partition coefficient (Wildman–Crippen LogP) is 6.37. The van der Waals surface area contributed by atoms with Crippen LogP contribution in [0.1, 0.15) is 106 Å². The number of hydrogen-bond acceptors (Lipinski definition) is 5. The van der Waals surface area contributed by atoms with Crippen molar-refractivity contribution in [2.75, 3.05) is 0 Å². The van der Waals surface area contributed by atoms with Crippen molar-refractivity contribution in [2.24, 2.45) is 58.2 Å². The molecule has 0 N–H and O–H groups in total. The van der Waals surface area contributed by atoms with Gasteiger partial charge in [-0.25, -0.2) is 0 Å². The summed E-state index contributed by atoms with van der Waals surface area (Å²) in [5.74, 6) is 4.22. The number of fused-ring (bicyclic) bond motifs is 5. The molecule has 36 heavy (non-hydrogen) atoms. The van der Waals surface area contributed by atoms with Gasteiger partial charge in [-0.1, -0.05) is 27.7 Å². The first kappa shape index (κ1) is 26.2. The molecule has 0 amide bonds. The zero-order valence-corrected chi connectivity index (χ0v) is 23.4. The lowest BCUT2D eigenvalue weighted by atomic mass is 9.43. The molecule has 202 valence electrons. The minimum atomic E-state index is -0.188. The van der Waals surface area contributed by atoms with Crippen molar-refractivity contribution in [1.29, 1.82) is 0 Å². The second kappa shape index (κ2) is 9.42. The zero-order chi connectivity index (χ0) is 26.0. The Morgan fingerprint density at radius 1 is 0.861 bits per heavy atom. The first-order chi connectivity index (χ1) is 17.0. The fourth-order valence-corrected chi connectivity index (χ4v) is 10.5. The summed E-state index contributed by atoms with van der Waals surface area (Å²) in [5, 5.41) is 0. The SMILES string of the molecule is CCC(=O)C1CC1C(C)C1CCC2C3C(CC[C@]12C)[C@@]1(C)CC[C@@H](OC(C)=O)C[C@H]1C[C@H]3OC(C)=O. The van der Waals surface area contributed by atoms with E-state index in [1.807, 2.05) is 6.92 Å². The van der Waals surface area contributed by atoms with Gasteiger partial charge in [0.15, 0.2) is 0 Å². The Morgan fingerprint density at radius 3 is 2.19 bits per heavy atom. The van der Waals surface area contributed by atoms with Gasteiger partial charge in [0, 0.05) is 32.1 Å². The van der Waals surface area contributed by atoms with Crippen LogP contribution < -0.4 is 0 Å². The third kappa shape index (κ3) is 4.25. The number of esters is 2. The van der Waals surface area contributed by atoms with Crippen LogP contribution in [-0.4, -0.2) is 29.9 Å². The van der Waals surface area contributed by atoms with Crippen molar-refractivity contribution in [1.82, 2.24) is 0 Å². The van der Waals surface area contributed by atoms with Gasteiger partial charge in [0.05, 0.1) is 0 Å². The van der Waals surface area contributed by atoms with Gasteiger partial charge in [0.1, 0.15) is 18.0 Å². The van der Waals surface area contributed by atoms with Gasteiger partial charge in [0.25, 0.3) is 0 Å². The molecule has 0 aliphatic heterocycles. The lowest BCUT2D eigenvalue weighted by Crippen LogP contribution is -2.59. The van der Waals surface area contributed by atoms with E-state index in [9.17, 15) is 14.4 Å². The maximum atomic E-state index is 12.4. The van der Waals surface area contributed by atoms with Crippen LogP contribution in [0.15, 0.2) is 0 Å². The molecular formula is C31H48O5. The molecule has 7 unspecified atom stereocenters. The van der Waals surface area contributed by atoms with Crippen molar-refractivity contribution < 1.29 is 23.9 Å². The van der Waals surface area contributed by atoms with Gasteiger partial charge in [-0.05, 0) is 104 Å². The van der Waals surface area contributed by atoms with Gasteiger partial charge >= 0.3 is 11.9 Å². The summed E-state index contributed by atoms with van der Waals surface area (Å²) < 4.78 is 11.8. The molecular weight excluding hydrogens is 452 g/mol. The fourth-order valence-electron chi connectivity index (χ4n) is 10.5. The van der Waals surface area contributed by atoms with Crippen molar-refractivity contribution in [3.8, 4) is 0 Å². The van der Waals surface area contributed by atoms with Gasteiger partial charge in [0.2, 0.25) is 0 Å². The lowest BCUT2D eigenvalue weighted by molar-refractivity contribution is -0.197. The van der Waals surface area contributed by atoms with E-state index >= 15 is 0 Å². The topological polar surface area (TPSA) is 69.7 Å². The molecule has 5 heteroatoms. The van der Waals surface area contributed by atoms with Crippen LogP contribution in [-0.2, 0) is 23.9 Å². The number of Topliss-reactive ketones (excluding diaryl/α,β-unsaturated/α-hetero) is 1. The Balaban J connectivity index is 1.39. The Morgan fingerprint density at radius 2 is 1.53 bits per heavy atom. The van der Waals surface area contributed by atoms with E-state index in [4.69, 9.17) is 9.47 Å². The Bertz CT molecular complexity index is 897. The molecule has 5 rings (SSSR count). The molecule has 5 aliphatic rings. The summed E-state index contributed by atoms with van der Waals surface area (Å²) in [4.78, 5) is 36.3. The molecule has 0 radical (unpaired) electrons. The molecule has 5 fully saturated rings. The van der Waals surface area contributed by atoms with Gasteiger partial charge in [-0.3, -0.25) is 14.4 Å². The third-order valence-corrected chi connectivity index (χ3v) is 12.2. The Labute approximate surface area is 217 Å². The maximum Gasteiger partial charge on any atom is 0.302 e. The quantitative estimate of drug-likeness (QED) is 0.396. The highest BCUT2D eigenvalue weighted by Crippen LogP contribution is 2.70. The highest BCUT2D eigenvalue weighted by molar-refractivity contribution is 5.83. The Hall–Kier alpha value is -1.39. The molecule has 5 nitrogen and oxygen atoms in total. The highest BCUT2D eigenvalue weighted by Gasteiger charge is 2.65. The standard InChI is InChI=1S/C31H48O5/c1-7-27(34)23-16-22(23)17(2)24-8-9-25-29-26(11-13-31(24,25)6)30(5)12-10-21(35-18(3)32)14-20(30)15-28(29)36-19(4)33/h17,20-26,28-29H,7-16H2,1-6H3/t17?,20-,21+,22?,23?,24?,25?,26?,28+,29?,30-,31+/m0/s1. The Kier molecular flexibility index (Phi) is 6.86. The minimum Gasteiger partial charge on any atom is -0.463 e. The predicted molar refractivity (Wildman–Crippen MR) is 138 cm³/mol. The van der Waals surface area contributed by atoms with Gasteiger partial charge in [-0.15, -0.1) is 0 Å². The smallest absolute Gasteiger partial charge is 0.302 e. The molecule has 5 saturated carbocycles. The number of hydrogen-bond donors (Lipinski definition) is 0. The average molecular weight is 501 g/mol. The fraction of sp³-hybridized carbons (Fsp3) is 0.903. The molecule has 0 saturated heterocycles. The van der Waals surface area contributed by atoms with E-state index in [0.29, 0.717) is 59.5 Å². The summed E-state index contributed by atoms with van der Waals surface area (Å²) in [6.45, 7) is 12.5. The highest BCUT2D eigenvalue weighted by atomic mass is 16.5. The van der Waals surface area contributed by atoms with Crippen LogP contribution in [0.3, 0.4) is 0 Å². The van der Waals surface area contributed by atoms with E-state index < -0.39 is 0 Å². The average Bonchev–Trinajstić information content (AvgIpc) is 3.53. The van der Waals surface area contributed by atoms with Crippen molar-refractivity contribution in [3.05, 3.63) is 0 Å². The number of carbonyl (C=O) groups is 3. The zero-order valence-electron chi connectivity index (χ0n) is 23.4. The van der Waals surface area contributed by atoms with Crippen molar-refractivity contribution >= 4 is 17.7 Å². The van der Waals surface area contributed by atoms with Crippen LogP contribution >= 0.6 is 0 Å². The molecule has 0 bridgehead atoms. The first-order valence-corrected chi connectivity index (χ1v) is 14.9. The molecule has 5 aliphatic carbocycles. The number of rotatable bonds is 6. The van der Waals surface area contributed by atoms with Crippen LogP contribution in [0.25, 0.3) is 0 Å². The molecule has 0 aromatic rings. The second-order valence-electron chi connectivity index (χ2n) is 13.8. The van der Waals surface area contributed by atoms with Crippen molar-refractivity contribution in [3.63, 3.8) is 0 Å². The molecule has 0 aromatic carbocycles. The lowest BCUT2D eigenvalue weighted by Gasteiger charge is -2.62. The number of carbonyl (C=O) groups excluding carboxylic acids is 3. The summed E-state index contributed by atoms with van der Waals surface area (Å²) >= 11 is 0.